The molecule has 4 aromatic heterocycles. The maximum Gasteiger partial charge on any atom is 0.334 e. The van der Waals surface area contributed by atoms with Gasteiger partial charge in [-0.25, -0.2) is 4.79 Å². The molecule has 5 aromatic rings. The van der Waals surface area contributed by atoms with E-state index in [-0.39, 0.29) is 5.69 Å². The van der Waals surface area contributed by atoms with Crippen LogP contribution >= 0.6 is 0 Å². The van der Waals surface area contributed by atoms with Gasteiger partial charge in [0.2, 0.25) is 5.82 Å². The molecular weight excluding hydrogens is 452 g/mol. The number of pyridine rings is 1. The molecule has 0 spiro atoms. The standard InChI is InChI=1S/C27H30N8O/c1-4-7-23-18-35(25-8-6-15-33(25)19(3)5-2)27(36)34(23)17-22-16-28-14-13-24(22)20-9-11-21(12-10-20)26-29-31-32-30-26/h6,8-16,18-19H,4-5,7,17H2,1-3H3,(H,29,30,31,32). The van der Waals surface area contributed by atoms with Gasteiger partial charge in [0.15, 0.2) is 0 Å². The van der Waals surface area contributed by atoms with E-state index in [1.165, 1.54) is 0 Å². The summed E-state index contributed by atoms with van der Waals surface area (Å²) in [4.78, 5) is 18.1. The second-order valence-corrected chi connectivity index (χ2v) is 8.99. The lowest BCUT2D eigenvalue weighted by atomic mass is 10.00. The summed E-state index contributed by atoms with van der Waals surface area (Å²) in [5.41, 5.74) is 4.92. The number of aryl methyl sites for hydroxylation is 1. The molecule has 0 saturated heterocycles. The van der Waals surface area contributed by atoms with E-state index in [0.717, 1.165) is 53.0 Å². The maximum absolute atomic E-state index is 13.7. The zero-order valence-corrected chi connectivity index (χ0v) is 20.8. The molecule has 0 aliphatic heterocycles. The Morgan fingerprint density at radius 1 is 1.06 bits per heavy atom. The fraction of sp³-hybridized carbons (Fsp3) is 0.296. The number of H-pyrrole nitrogens is 1. The van der Waals surface area contributed by atoms with Gasteiger partial charge in [0, 0.05) is 42.1 Å². The molecule has 9 heteroatoms. The lowest BCUT2D eigenvalue weighted by Gasteiger charge is -2.15. The first-order chi connectivity index (χ1) is 17.6. The van der Waals surface area contributed by atoms with Crippen molar-refractivity contribution in [1.82, 2.24) is 39.3 Å². The molecule has 0 aliphatic rings. The second-order valence-electron chi connectivity index (χ2n) is 8.99. The average molecular weight is 483 g/mol. The molecule has 36 heavy (non-hydrogen) atoms. The Bertz CT molecular complexity index is 1490. The van der Waals surface area contributed by atoms with Crippen LogP contribution in [-0.4, -0.2) is 39.3 Å². The van der Waals surface area contributed by atoms with Crippen LogP contribution in [0.5, 0.6) is 0 Å². The van der Waals surface area contributed by atoms with E-state index >= 15 is 0 Å². The zero-order valence-electron chi connectivity index (χ0n) is 20.8. The Labute approximate surface area is 209 Å². The molecule has 1 N–H and O–H groups in total. The van der Waals surface area contributed by atoms with E-state index in [1.807, 2.05) is 65.6 Å². The highest BCUT2D eigenvalue weighted by Gasteiger charge is 2.18. The highest BCUT2D eigenvalue weighted by atomic mass is 16.1. The summed E-state index contributed by atoms with van der Waals surface area (Å²) >= 11 is 0. The normalized spacial score (nSPS) is 12.2. The van der Waals surface area contributed by atoms with Crippen LogP contribution in [0.4, 0.5) is 0 Å². The Morgan fingerprint density at radius 3 is 2.58 bits per heavy atom. The van der Waals surface area contributed by atoms with Crippen LogP contribution in [0.15, 0.2) is 72.0 Å². The van der Waals surface area contributed by atoms with Crippen molar-refractivity contribution in [3.63, 3.8) is 0 Å². The maximum atomic E-state index is 13.7. The van der Waals surface area contributed by atoms with Gasteiger partial charge in [-0.3, -0.25) is 14.1 Å². The number of tetrazole rings is 1. The summed E-state index contributed by atoms with van der Waals surface area (Å²) in [6, 6.07) is 14.3. The lowest BCUT2D eigenvalue weighted by molar-refractivity contribution is 0.521. The van der Waals surface area contributed by atoms with Crippen molar-refractivity contribution in [2.45, 2.75) is 52.6 Å². The van der Waals surface area contributed by atoms with Crippen LogP contribution in [-0.2, 0) is 13.0 Å². The van der Waals surface area contributed by atoms with E-state index in [9.17, 15) is 4.79 Å². The lowest BCUT2D eigenvalue weighted by Crippen LogP contribution is -2.26. The summed E-state index contributed by atoms with van der Waals surface area (Å²) < 4.78 is 5.83. The molecule has 0 amide bonds. The van der Waals surface area contributed by atoms with E-state index < -0.39 is 0 Å². The summed E-state index contributed by atoms with van der Waals surface area (Å²) in [6.45, 7) is 6.91. The van der Waals surface area contributed by atoms with Gasteiger partial charge in [-0.15, -0.1) is 10.2 Å². The number of nitrogens with zero attached hydrogens (tertiary/aromatic N) is 7. The van der Waals surface area contributed by atoms with Gasteiger partial charge in [-0.2, -0.15) is 5.21 Å². The van der Waals surface area contributed by atoms with Gasteiger partial charge < -0.3 is 4.57 Å². The Morgan fingerprint density at radius 2 is 1.86 bits per heavy atom. The highest BCUT2D eigenvalue weighted by Crippen LogP contribution is 2.26. The Kier molecular flexibility index (Phi) is 6.62. The monoisotopic (exact) mass is 482 g/mol. The number of aromatic nitrogens is 8. The van der Waals surface area contributed by atoms with Crippen molar-refractivity contribution in [3.8, 4) is 28.3 Å². The molecular formula is C27H30N8O. The Hall–Kier alpha value is -4.27. The molecule has 0 saturated carbocycles. The van der Waals surface area contributed by atoms with Crippen molar-refractivity contribution in [2.24, 2.45) is 0 Å². The molecule has 0 bridgehead atoms. The van der Waals surface area contributed by atoms with Crippen molar-refractivity contribution in [2.75, 3.05) is 0 Å². The van der Waals surface area contributed by atoms with Crippen molar-refractivity contribution >= 4 is 0 Å². The predicted octanol–water partition coefficient (Wildman–Crippen LogP) is 4.65. The van der Waals surface area contributed by atoms with Crippen LogP contribution in [0.25, 0.3) is 28.3 Å². The van der Waals surface area contributed by atoms with Crippen LogP contribution < -0.4 is 5.69 Å². The molecule has 184 valence electrons. The number of hydrogen-bond donors (Lipinski definition) is 1. The minimum Gasteiger partial charge on any atom is -0.331 e. The minimum atomic E-state index is -0.0380. The number of imidazole rings is 1. The van der Waals surface area contributed by atoms with Gasteiger partial charge in [-0.1, -0.05) is 44.5 Å². The topological polar surface area (TPSA) is 99.2 Å². The molecule has 9 nitrogen and oxygen atoms in total. The first-order valence-electron chi connectivity index (χ1n) is 12.4. The number of nitrogens with one attached hydrogen (secondary N) is 1. The molecule has 0 radical (unpaired) electrons. The first kappa shape index (κ1) is 23.5. The minimum absolute atomic E-state index is 0.0380. The number of benzene rings is 1. The van der Waals surface area contributed by atoms with Gasteiger partial charge in [0.1, 0.15) is 5.82 Å². The third kappa shape index (κ3) is 4.39. The molecule has 4 heterocycles. The van der Waals surface area contributed by atoms with Gasteiger partial charge in [0.05, 0.1) is 6.54 Å². The van der Waals surface area contributed by atoms with Crippen molar-refractivity contribution < 1.29 is 0 Å². The third-order valence-corrected chi connectivity index (χ3v) is 6.67. The largest absolute Gasteiger partial charge is 0.334 e. The quantitative estimate of drug-likeness (QED) is 0.330. The molecule has 0 aliphatic carbocycles. The Balaban J connectivity index is 1.53. The molecule has 1 aromatic carbocycles. The fourth-order valence-corrected chi connectivity index (χ4v) is 4.56. The zero-order chi connectivity index (χ0) is 25.1. The van der Waals surface area contributed by atoms with Crippen molar-refractivity contribution in [3.05, 3.63) is 89.0 Å². The highest BCUT2D eigenvalue weighted by molar-refractivity contribution is 5.69. The first-order valence-corrected chi connectivity index (χ1v) is 12.4. The van der Waals surface area contributed by atoms with Crippen LogP contribution in [0.2, 0.25) is 0 Å². The van der Waals surface area contributed by atoms with Crippen LogP contribution in [0.3, 0.4) is 0 Å². The summed E-state index contributed by atoms with van der Waals surface area (Å²) in [5.74, 6) is 1.45. The van der Waals surface area contributed by atoms with Crippen molar-refractivity contribution in [1.29, 1.82) is 0 Å². The fourth-order valence-electron chi connectivity index (χ4n) is 4.56. The second kappa shape index (κ2) is 10.2. The van der Waals surface area contributed by atoms with E-state index in [0.29, 0.717) is 18.4 Å². The molecule has 1 atom stereocenters. The molecule has 0 fully saturated rings. The number of aromatic amines is 1. The number of hydrogen-bond acceptors (Lipinski definition) is 5. The van der Waals surface area contributed by atoms with Crippen LogP contribution in [0, 0.1) is 0 Å². The SMILES string of the molecule is CCCc1cn(-c2cccn2C(C)CC)c(=O)n1Cc1cnccc1-c1ccc(-c2nn[nH]n2)cc1. The molecule has 1 unspecified atom stereocenters. The van der Waals surface area contributed by atoms with Gasteiger partial charge in [-0.05, 0) is 59.9 Å². The third-order valence-electron chi connectivity index (χ3n) is 6.67. The van der Waals surface area contributed by atoms with E-state index in [1.54, 1.807) is 10.8 Å². The molecule has 5 rings (SSSR count). The van der Waals surface area contributed by atoms with Gasteiger partial charge >= 0.3 is 5.69 Å². The summed E-state index contributed by atoms with van der Waals surface area (Å²) in [5, 5.41) is 14.2. The van der Waals surface area contributed by atoms with E-state index in [2.05, 4.69) is 50.9 Å². The average Bonchev–Trinajstić information content (AvgIpc) is 3.67. The predicted molar refractivity (Wildman–Crippen MR) is 139 cm³/mol. The smallest absolute Gasteiger partial charge is 0.331 e. The van der Waals surface area contributed by atoms with Gasteiger partial charge in [0.25, 0.3) is 0 Å². The van der Waals surface area contributed by atoms with E-state index in [4.69, 9.17) is 0 Å². The van der Waals surface area contributed by atoms with Crippen LogP contribution in [0.1, 0.15) is 50.9 Å². The summed E-state index contributed by atoms with van der Waals surface area (Å²) in [7, 11) is 0. The number of rotatable bonds is 9. The summed E-state index contributed by atoms with van der Waals surface area (Å²) in [6.07, 6.45) is 10.4.